The van der Waals surface area contributed by atoms with Crippen LogP contribution >= 0.6 is 0 Å². The lowest BCUT2D eigenvalue weighted by Gasteiger charge is -2.32. The van der Waals surface area contributed by atoms with E-state index in [1.165, 1.54) is 12.2 Å². The van der Waals surface area contributed by atoms with E-state index >= 15 is 0 Å². The summed E-state index contributed by atoms with van der Waals surface area (Å²) in [5, 5.41) is 13.4. The van der Waals surface area contributed by atoms with Crippen LogP contribution in [0.3, 0.4) is 0 Å². The number of hydrogen-bond donors (Lipinski definition) is 0. The maximum absolute atomic E-state index is 13.4. The molecule has 204 valence electrons. The average molecular weight is 519 g/mol. The molecule has 38 heavy (non-hydrogen) atoms. The molecule has 2 heterocycles. The van der Waals surface area contributed by atoms with Crippen LogP contribution in [0.5, 0.6) is 0 Å². The van der Waals surface area contributed by atoms with Crippen molar-refractivity contribution in [2.75, 3.05) is 0 Å². The number of ether oxygens (including phenoxy) is 1. The molecule has 0 aromatic carbocycles. The minimum Gasteiger partial charge on any atom is -0.871 e. The van der Waals surface area contributed by atoms with Crippen molar-refractivity contribution in [1.82, 2.24) is 0 Å². The van der Waals surface area contributed by atoms with E-state index in [9.17, 15) is 14.7 Å². The lowest BCUT2D eigenvalue weighted by Crippen LogP contribution is -2.21. The van der Waals surface area contributed by atoms with Gasteiger partial charge in [0.15, 0.2) is 0 Å². The van der Waals surface area contributed by atoms with Gasteiger partial charge >= 0.3 is 11.5 Å². The lowest BCUT2D eigenvalue weighted by atomic mass is 9.87. The Kier molecular flexibility index (Phi) is 7.35. The molecule has 0 amide bonds. The first-order chi connectivity index (χ1) is 17.1. The second kappa shape index (κ2) is 9.52. The van der Waals surface area contributed by atoms with Crippen LogP contribution in [0, 0.1) is 10.8 Å². The maximum atomic E-state index is 13.4. The van der Waals surface area contributed by atoms with Crippen molar-refractivity contribution in [2.24, 2.45) is 10.8 Å². The Morgan fingerprint density at radius 1 is 0.684 bits per heavy atom. The number of allylic oxidation sites excluding steroid dienone is 8. The second-order valence-electron chi connectivity index (χ2n) is 14.3. The zero-order valence-electron chi connectivity index (χ0n) is 25.0. The van der Waals surface area contributed by atoms with Crippen LogP contribution in [0.1, 0.15) is 100 Å². The first-order valence-corrected chi connectivity index (χ1v) is 13.1. The smallest absolute Gasteiger partial charge is 0.335 e. The minimum atomic E-state index is -0.788. The van der Waals surface area contributed by atoms with E-state index in [1.54, 1.807) is 0 Å². The molecule has 0 fully saturated rings. The van der Waals surface area contributed by atoms with E-state index < -0.39 is 17.3 Å². The van der Waals surface area contributed by atoms with Gasteiger partial charge in [0.2, 0.25) is 11.6 Å². The van der Waals surface area contributed by atoms with Crippen molar-refractivity contribution >= 4 is 17.6 Å². The van der Waals surface area contributed by atoms with Gasteiger partial charge in [-0.2, -0.15) is 0 Å². The van der Waals surface area contributed by atoms with Crippen molar-refractivity contribution in [2.45, 2.75) is 93.9 Å². The molecule has 1 aliphatic carbocycles. The van der Waals surface area contributed by atoms with E-state index in [2.05, 4.69) is 0 Å². The first-order valence-electron chi connectivity index (χ1n) is 13.1. The Hall–Kier alpha value is -3.21. The topological polar surface area (TPSA) is 77.7 Å². The number of rotatable bonds is 2. The van der Waals surface area contributed by atoms with Crippen molar-refractivity contribution in [3.8, 4) is 0 Å². The van der Waals surface area contributed by atoms with Gasteiger partial charge in [-0.05, 0) is 77.0 Å². The summed E-state index contributed by atoms with van der Waals surface area (Å²) in [7, 11) is 0. The van der Waals surface area contributed by atoms with Gasteiger partial charge in [0.25, 0.3) is 0 Å². The molecule has 1 aliphatic heterocycles. The Bertz CT molecular complexity index is 1270. The molecule has 5 nitrogen and oxygen atoms in total. The summed E-state index contributed by atoms with van der Waals surface area (Å²) in [6, 6.07) is 3.66. The van der Waals surface area contributed by atoms with Crippen LogP contribution in [0.25, 0.3) is 6.08 Å². The van der Waals surface area contributed by atoms with Crippen LogP contribution < -0.4 is 5.11 Å². The van der Waals surface area contributed by atoms with E-state index in [1.807, 2.05) is 107 Å². The normalized spacial score (nSPS) is 18.6. The molecule has 2 aliphatic rings. The van der Waals surface area contributed by atoms with Gasteiger partial charge in [-0.3, -0.25) is 9.59 Å². The summed E-state index contributed by atoms with van der Waals surface area (Å²) in [5.41, 5.74) is -0.0829. The van der Waals surface area contributed by atoms with Crippen LogP contribution in [-0.4, -0.2) is 11.6 Å². The van der Waals surface area contributed by atoms with Crippen LogP contribution in [0.4, 0.5) is 0 Å². The summed E-state index contributed by atoms with van der Waals surface area (Å²) in [5.74, 6) is 0.784. The Labute approximate surface area is 227 Å². The van der Waals surface area contributed by atoms with Gasteiger partial charge in [-0.15, -0.1) is 0 Å². The fourth-order valence-electron chi connectivity index (χ4n) is 3.88. The number of ketones is 2. The van der Waals surface area contributed by atoms with Gasteiger partial charge in [-0.25, -0.2) is 4.42 Å². The zero-order chi connectivity index (χ0) is 29.0. The molecule has 1 aromatic rings. The van der Waals surface area contributed by atoms with Crippen LogP contribution in [-0.2, 0) is 25.2 Å². The third-order valence-electron chi connectivity index (χ3n) is 6.39. The highest BCUT2D eigenvalue weighted by Crippen LogP contribution is 2.40. The molecular weight excluding hydrogens is 476 g/mol. The van der Waals surface area contributed by atoms with E-state index in [-0.39, 0.29) is 32.8 Å². The molecule has 3 rings (SSSR count). The number of hydrogen-bond acceptors (Lipinski definition) is 4. The molecular formula is C33H42O5. The number of Topliss-reactive ketones (excluding diaryl/α,β-unsaturated/α-hetero) is 2. The average Bonchev–Trinajstić information content (AvgIpc) is 2.94. The van der Waals surface area contributed by atoms with Gasteiger partial charge < -0.3 is 9.84 Å². The predicted octanol–water partition coefficient (Wildman–Crippen LogP) is 7.12. The molecule has 0 unspecified atom stereocenters. The molecule has 0 saturated heterocycles. The Morgan fingerprint density at radius 2 is 1.13 bits per heavy atom. The lowest BCUT2D eigenvalue weighted by molar-refractivity contribution is -0.296. The van der Waals surface area contributed by atoms with Crippen molar-refractivity contribution in [3.63, 3.8) is 0 Å². The molecule has 0 saturated carbocycles. The highest BCUT2D eigenvalue weighted by Gasteiger charge is 2.35. The molecule has 5 heteroatoms. The van der Waals surface area contributed by atoms with Crippen molar-refractivity contribution in [3.05, 3.63) is 81.4 Å². The van der Waals surface area contributed by atoms with Gasteiger partial charge in [0.05, 0.1) is 10.8 Å². The van der Waals surface area contributed by atoms with E-state index in [4.69, 9.17) is 9.15 Å². The number of carbonyl (C=O) groups is 2. The fourth-order valence-corrected chi connectivity index (χ4v) is 3.88. The molecule has 0 atom stereocenters. The monoisotopic (exact) mass is 518 g/mol. The molecule has 0 spiro atoms. The van der Waals surface area contributed by atoms with Crippen molar-refractivity contribution in [1.29, 1.82) is 0 Å². The number of carbonyl (C=O) groups excluding carboxylic acids is 2. The predicted molar refractivity (Wildman–Crippen MR) is 150 cm³/mol. The molecule has 0 bridgehead atoms. The quantitative estimate of drug-likeness (QED) is 0.237. The SMILES string of the molecule is CC(C)(C)C1=CC(=CC2=C([O-])C(=Cc3cc(C(C)(C)C)[o+]c(C(C)(C)C)c3)C(=O)C2=O)C=C(C(C)(C)C)O1. The Morgan fingerprint density at radius 3 is 1.53 bits per heavy atom. The highest BCUT2D eigenvalue weighted by molar-refractivity contribution is 6.54. The van der Waals surface area contributed by atoms with Gasteiger partial charge in [0, 0.05) is 34.1 Å². The molecule has 1 aromatic heterocycles. The maximum Gasteiger partial charge on any atom is 0.335 e. The third-order valence-corrected chi connectivity index (χ3v) is 6.39. The van der Waals surface area contributed by atoms with Crippen LogP contribution in [0.2, 0.25) is 0 Å². The second-order valence-corrected chi connectivity index (χ2v) is 14.3. The minimum absolute atomic E-state index is 0.125. The summed E-state index contributed by atoms with van der Waals surface area (Å²) in [6.07, 6.45) is 6.70. The first kappa shape index (κ1) is 29.3. The molecule has 0 N–H and O–H groups in total. The third kappa shape index (κ3) is 6.25. The van der Waals surface area contributed by atoms with Gasteiger partial charge in [0.1, 0.15) is 11.5 Å². The summed E-state index contributed by atoms with van der Waals surface area (Å²) >= 11 is 0. The highest BCUT2D eigenvalue weighted by atomic mass is 16.5. The van der Waals surface area contributed by atoms with Crippen molar-refractivity contribution < 1.29 is 23.8 Å². The summed E-state index contributed by atoms with van der Waals surface area (Å²) in [4.78, 5) is 26.0. The largest absolute Gasteiger partial charge is 0.871 e. The Balaban J connectivity index is 2.18. The summed E-state index contributed by atoms with van der Waals surface area (Å²) in [6.45, 7) is 24.4. The zero-order valence-corrected chi connectivity index (χ0v) is 25.0. The van der Waals surface area contributed by atoms with Gasteiger partial charge in [-0.1, -0.05) is 47.3 Å². The van der Waals surface area contributed by atoms with Crippen LogP contribution in [0.15, 0.2) is 68.8 Å². The molecule has 0 radical (unpaired) electrons. The van der Waals surface area contributed by atoms with E-state index in [0.717, 1.165) is 23.0 Å². The van der Waals surface area contributed by atoms with E-state index in [0.29, 0.717) is 11.1 Å². The standard InChI is InChI=1S/C33H42O5/c1-30(2,3)23-15-19(16-24(37-23)31(4,5)6)13-21-27(34)22(29(36)28(21)35)14-20-17-25(32(7,8)9)38-26(18-20)33(10,11)12/h13-18H,1-12H3. The summed E-state index contributed by atoms with van der Waals surface area (Å²) < 4.78 is 12.4. The fraction of sp³-hybridized carbons (Fsp3) is 0.485.